The smallest absolute Gasteiger partial charge is 0.318 e. The van der Waals surface area contributed by atoms with Crippen LogP contribution in [0.4, 0.5) is 4.79 Å². The van der Waals surface area contributed by atoms with Gasteiger partial charge in [0.1, 0.15) is 0 Å². The molecular weight excluding hydrogens is 302 g/mol. The normalized spacial score (nSPS) is 19.8. The first-order valence-corrected chi connectivity index (χ1v) is 7.32. The Balaban J connectivity index is 1.90. The second kappa shape index (κ2) is 5.84. The molecule has 2 amide bonds. The number of thiophene rings is 1. The maximum Gasteiger partial charge on any atom is 0.318 e. The third kappa shape index (κ3) is 3.20. The Labute approximate surface area is 114 Å². The number of hydrogen-bond acceptors (Lipinski definition) is 3. The van der Waals surface area contributed by atoms with Gasteiger partial charge < -0.3 is 15.5 Å². The van der Waals surface area contributed by atoms with Crippen LogP contribution in [-0.2, 0) is 0 Å². The van der Waals surface area contributed by atoms with Crippen molar-refractivity contribution in [2.75, 3.05) is 26.7 Å². The molecule has 0 aromatic carbocycles. The van der Waals surface area contributed by atoms with E-state index in [4.69, 9.17) is 0 Å². The summed E-state index contributed by atoms with van der Waals surface area (Å²) in [5.74, 6) is 0. The summed E-state index contributed by atoms with van der Waals surface area (Å²) in [6, 6.07) is 2.27. The summed E-state index contributed by atoms with van der Waals surface area (Å²) in [5.41, 5.74) is 0. The van der Waals surface area contributed by atoms with Gasteiger partial charge in [0, 0.05) is 27.8 Å². The first-order valence-electron chi connectivity index (χ1n) is 5.64. The molecule has 2 heterocycles. The molecule has 1 fully saturated rings. The summed E-state index contributed by atoms with van der Waals surface area (Å²) >= 11 is 5.12. The Morgan fingerprint density at radius 1 is 1.71 bits per heavy atom. The van der Waals surface area contributed by atoms with Crippen LogP contribution in [-0.4, -0.2) is 37.6 Å². The Morgan fingerprint density at radius 2 is 2.53 bits per heavy atom. The number of hydrogen-bond donors (Lipinski definition) is 2. The molecule has 0 radical (unpaired) electrons. The number of nitrogens with one attached hydrogen (secondary N) is 2. The monoisotopic (exact) mass is 317 g/mol. The lowest BCUT2D eigenvalue weighted by Gasteiger charge is -2.13. The van der Waals surface area contributed by atoms with Crippen LogP contribution >= 0.6 is 27.3 Å². The molecular formula is C11H16BrN3OS. The molecule has 17 heavy (non-hydrogen) atoms. The van der Waals surface area contributed by atoms with E-state index in [9.17, 15) is 4.79 Å². The number of carbonyl (C=O) groups excluding carboxylic acids is 1. The highest BCUT2D eigenvalue weighted by Crippen LogP contribution is 2.28. The van der Waals surface area contributed by atoms with Gasteiger partial charge in [-0.2, -0.15) is 0 Å². The minimum Gasteiger partial charge on any atom is -0.329 e. The average molecular weight is 318 g/mol. The molecule has 0 saturated carbocycles. The SMILES string of the molecule is CNCCCN1CC(c2cc(Br)cs2)NC1=O. The van der Waals surface area contributed by atoms with Gasteiger partial charge in [-0.3, -0.25) is 0 Å². The summed E-state index contributed by atoms with van der Waals surface area (Å²) in [4.78, 5) is 14.8. The Kier molecular flexibility index (Phi) is 4.42. The minimum absolute atomic E-state index is 0.0515. The van der Waals surface area contributed by atoms with E-state index in [0.29, 0.717) is 0 Å². The maximum absolute atomic E-state index is 11.7. The van der Waals surface area contributed by atoms with Gasteiger partial charge in [-0.25, -0.2) is 4.79 Å². The van der Waals surface area contributed by atoms with E-state index < -0.39 is 0 Å². The molecule has 1 atom stereocenters. The number of amides is 2. The van der Waals surface area contributed by atoms with Gasteiger partial charge in [-0.1, -0.05) is 0 Å². The second-order valence-corrected chi connectivity index (χ2v) is 5.93. The number of carbonyl (C=O) groups is 1. The van der Waals surface area contributed by atoms with Crippen molar-refractivity contribution in [1.29, 1.82) is 0 Å². The van der Waals surface area contributed by atoms with Crippen molar-refractivity contribution in [1.82, 2.24) is 15.5 Å². The maximum atomic E-state index is 11.7. The van der Waals surface area contributed by atoms with Gasteiger partial charge in [-0.15, -0.1) is 11.3 Å². The molecule has 2 rings (SSSR count). The van der Waals surface area contributed by atoms with E-state index in [0.717, 1.165) is 30.5 Å². The molecule has 2 N–H and O–H groups in total. The van der Waals surface area contributed by atoms with Crippen LogP contribution in [0.5, 0.6) is 0 Å². The Hall–Kier alpha value is -0.590. The average Bonchev–Trinajstić information content (AvgIpc) is 2.86. The lowest BCUT2D eigenvalue weighted by molar-refractivity contribution is 0.217. The molecule has 1 saturated heterocycles. The molecule has 4 nitrogen and oxygen atoms in total. The summed E-state index contributed by atoms with van der Waals surface area (Å²) in [5, 5.41) is 8.15. The van der Waals surface area contributed by atoms with Crippen molar-refractivity contribution in [2.45, 2.75) is 12.5 Å². The van der Waals surface area contributed by atoms with Crippen molar-refractivity contribution < 1.29 is 4.79 Å². The zero-order chi connectivity index (χ0) is 12.3. The Morgan fingerprint density at radius 3 is 3.18 bits per heavy atom. The van der Waals surface area contributed by atoms with E-state index in [1.807, 2.05) is 17.3 Å². The molecule has 94 valence electrons. The zero-order valence-corrected chi connectivity index (χ0v) is 12.1. The largest absolute Gasteiger partial charge is 0.329 e. The Bertz CT molecular complexity index is 396. The number of rotatable bonds is 5. The number of halogens is 1. The molecule has 1 aliphatic heterocycles. The first kappa shape index (κ1) is 12.9. The second-order valence-electron chi connectivity index (χ2n) is 4.07. The van der Waals surface area contributed by atoms with E-state index in [2.05, 4.69) is 32.6 Å². The highest BCUT2D eigenvalue weighted by Gasteiger charge is 2.29. The lowest BCUT2D eigenvalue weighted by Crippen LogP contribution is -2.30. The fourth-order valence-corrected chi connectivity index (χ4v) is 3.39. The van der Waals surface area contributed by atoms with Crippen LogP contribution in [0.1, 0.15) is 17.3 Å². The fraction of sp³-hybridized carbons (Fsp3) is 0.545. The van der Waals surface area contributed by atoms with E-state index in [-0.39, 0.29) is 12.1 Å². The van der Waals surface area contributed by atoms with Crippen molar-refractivity contribution >= 4 is 33.3 Å². The highest BCUT2D eigenvalue weighted by atomic mass is 79.9. The minimum atomic E-state index is 0.0515. The number of urea groups is 1. The molecule has 0 spiro atoms. The van der Waals surface area contributed by atoms with Crippen LogP contribution in [0.3, 0.4) is 0 Å². The van der Waals surface area contributed by atoms with Crippen LogP contribution in [0.2, 0.25) is 0 Å². The quantitative estimate of drug-likeness (QED) is 0.818. The molecule has 6 heteroatoms. The van der Waals surface area contributed by atoms with E-state index >= 15 is 0 Å². The van der Waals surface area contributed by atoms with Crippen molar-refractivity contribution in [3.05, 3.63) is 20.8 Å². The van der Waals surface area contributed by atoms with Gasteiger partial charge in [0.05, 0.1) is 6.04 Å². The predicted octanol–water partition coefficient (Wildman–Crippen LogP) is 2.19. The standard InChI is InChI=1S/C11H16BrN3OS/c1-13-3-2-4-15-6-9(14-11(15)16)10-5-8(12)7-17-10/h5,7,9,13H,2-4,6H2,1H3,(H,14,16). The van der Waals surface area contributed by atoms with E-state index in [1.54, 1.807) is 11.3 Å². The van der Waals surface area contributed by atoms with Crippen molar-refractivity contribution in [3.63, 3.8) is 0 Å². The van der Waals surface area contributed by atoms with Crippen LogP contribution in [0.25, 0.3) is 0 Å². The van der Waals surface area contributed by atoms with E-state index in [1.165, 1.54) is 4.88 Å². The van der Waals surface area contributed by atoms with Gasteiger partial charge in [0.25, 0.3) is 0 Å². The first-order chi connectivity index (χ1) is 8.20. The fourth-order valence-electron chi connectivity index (χ4n) is 1.90. The van der Waals surface area contributed by atoms with Gasteiger partial charge >= 0.3 is 6.03 Å². The third-order valence-corrected chi connectivity index (χ3v) is 4.58. The van der Waals surface area contributed by atoms with Gasteiger partial charge in [0.15, 0.2) is 0 Å². The van der Waals surface area contributed by atoms with Crippen LogP contribution in [0, 0.1) is 0 Å². The molecule has 1 unspecified atom stereocenters. The molecule has 1 aliphatic rings. The molecule has 1 aromatic rings. The summed E-state index contributed by atoms with van der Waals surface area (Å²) in [6.45, 7) is 2.53. The molecule has 0 bridgehead atoms. The summed E-state index contributed by atoms with van der Waals surface area (Å²) in [7, 11) is 1.93. The predicted molar refractivity (Wildman–Crippen MR) is 73.4 cm³/mol. The zero-order valence-electron chi connectivity index (χ0n) is 9.70. The van der Waals surface area contributed by atoms with Crippen LogP contribution in [0.15, 0.2) is 15.9 Å². The summed E-state index contributed by atoms with van der Waals surface area (Å²) in [6.07, 6.45) is 0.991. The number of nitrogens with zero attached hydrogens (tertiary/aromatic N) is 1. The summed E-state index contributed by atoms with van der Waals surface area (Å²) < 4.78 is 1.08. The molecule has 1 aromatic heterocycles. The van der Waals surface area contributed by atoms with Crippen LogP contribution < -0.4 is 10.6 Å². The van der Waals surface area contributed by atoms with Gasteiger partial charge in [-0.05, 0) is 42.0 Å². The molecule has 0 aliphatic carbocycles. The lowest BCUT2D eigenvalue weighted by atomic mass is 10.2. The van der Waals surface area contributed by atoms with Crippen molar-refractivity contribution in [2.24, 2.45) is 0 Å². The third-order valence-electron chi connectivity index (χ3n) is 2.77. The highest BCUT2D eigenvalue weighted by molar-refractivity contribution is 9.10. The topological polar surface area (TPSA) is 44.4 Å². The van der Waals surface area contributed by atoms with Crippen molar-refractivity contribution in [3.8, 4) is 0 Å². The van der Waals surface area contributed by atoms with Gasteiger partial charge in [0.2, 0.25) is 0 Å².